The Morgan fingerprint density at radius 3 is 2.65 bits per heavy atom. The van der Waals surface area contributed by atoms with Crippen molar-refractivity contribution in [2.75, 3.05) is 7.05 Å². The summed E-state index contributed by atoms with van der Waals surface area (Å²) < 4.78 is 0. The van der Waals surface area contributed by atoms with Crippen LogP contribution in [0.1, 0.15) is 18.5 Å². The summed E-state index contributed by atoms with van der Waals surface area (Å²) in [5, 5.41) is 4.45. The smallest absolute Gasteiger partial charge is 0.0702 e. The Balaban J connectivity index is 2.06. The van der Waals surface area contributed by atoms with E-state index in [1.807, 2.05) is 31.4 Å². The Morgan fingerprint density at radius 1 is 0.950 bits per heavy atom. The average molecular weight is 262 g/mol. The molecule has 0 aliphatic carbocycles. The van der Waals surface area contributed by atoms with Crippen molar-refractivity contribution in [1.29, 1.82) is 0 Å². The molecule has 0 bridgehead atoms. The van der Waals surface area contributed by atoms with Gasteiger partial charge in [-0.2, -0.15) is 0 Å². The molecule has 1 unspecified atom stereocenters. The minimum atomic E-state index is 0.350. The molecule has 1 heterocycles. The number of hydrogen-bond acceptors (Lipinski definition) is 2. The minimum Gasteiger partial charge on any atom is -0.313 e. The lowest BCUT2D eigenvalue weighted by molar-refractivity contribution is 0.652. The van der Waals surface area contributed by atoms with Crippen molar-refractivity contribution in [1.82, 2.24) is 10.3 Å². The molecule has 20 heavy (non-hydrogen) atoms. The monoisotopic (exact) mass is 262 g/mol. The molecular weight excluding hydrogens is 244 g/mol. The third kappa shape index (κ3) is 2.43. The number of para-hydroxylation sites is 1. The van der Waals surface area contributed by atoms with Crippen LogP contribution < -0.4 is 5.32 Å². The van der Waals surface area contributed by atoms with E-state index in [1.165, 1.54) is 16.5 Å². The Kier molecular flexibility index (Phi) is 3.48. The van der Waals surface area contributed by atoms with Crippen LogP contribution in [0.5, 0.6) is 0 Å². The highest BCUT2D eigenvalue weighted by Crippen LogP contribution is 2.25. The van der Waals surface area contributed by atoms with Crippen LogP contribution in [-0.2, 0) is 0 Å². The zero-order valence-corrected chi connectivity index (χ0v) is 11.8. The number of pyridine rings is 1. The fourth-order valence-electron chi connectivity index (χ4n) is 2.38. The van der Waals surface area contributed by atoms with Crippen LogP contribution in [0.3, 0.4) is 0 Å². The normalized spacial score (nSPS) is 12.5. The maximum atomic E-state index is 4.54. The van der Waals surface area contributed by atoms with Gasteiger partial charge in [-0.15, -0.1) is 0 Å². The van der Waals surface area contributed by atoms with Gasteiger partial charge in [0.05, 0.1) is 5.52 Å². The van der Waals surface area contributed by atoms with E-state index < -0.39 is 0 Å². The van der Waals surface area contributed by atoms with Crippen molar-refractivity contribution in [3.8, 4) is 11.1 Å². The average Bonchev–Trinajstić information content (AvgIpc) is 2.53. The standard InChI is InChI=1S/C18H18N2/c1-13(19-2)14-7-5-8-15(10-14)17-11-16-6-3-4-9-18(16)20-12-17/h3-13,19H,1-2H3. The highest BCUT2D eigenvalue weighted by atomic mass is 14.8. The molecule has 0 fully saturated rings. The van der Waals surface area contributed by atoms with E-state index in [9.17, 15) is 0 Å². The van der Waals surface area contributed by atoms with Crippen molar-refractivity contribution < 1.29 is 0 Å². The number of rotatable bonds is 3. The molecule has 0 amide bonds. The summed E-state index contributed by atoms with van der Waals surface area (Å²) in [5.41, 5.74) is 4.70. The Bertz CT molecular complexity index is 734. The Labute approximate surface area is 119 Å². The van der Waals surface area contributed by atoms with Crippen LogP contribution >= 0.6 is 0 Å². The molecule has 1 aromatic heterocycles. The first-order valence-electron chi connectivity index (χ1n) is 6.90. The molecule has 0 aliphatic rings. The van der Waals surface area contributed by atoms with Gasteiger partial charge in [-0.3, -0.25) is 4.98 Å². The molecule has 2 heteroatoms. The van der Waals surface area contributed by atoms with Gasteiger partial charge in [0.1, 0.15) is 0 Å². The van der Waals surface area contributed by atoms with Crippen LogP contribution in [0.4, 0.5) is 0 Å². The molecule has 3 aromatic rings. The van der Waals surface area contributed by atoms with E-state index in [0.717, 1.165) is 11.1 Å². The van der Waals surface area contributed by atoms with E-state index in [0.29, 0.717) is 6.04 Å². The second-order valence-electron chi connectivity index (χ2n) is 5.05. The van der Waals surface area contributed by atoms with Gasteiger partial charge in [-0.05, 0) is 43.3 Å². The van der Waals surface area contributed by atoms with E-state index in [4.69, 9.17) is 0 Å². The Morgan fingerprint density at radius 2 is 1.80 bits per heavy atom. The van der Waals surface area contributed by atoms with E-state index in [2.05, 4.69) is 53.6 Å². The second-order valence-corrected chi connectivity index (χ2v) is 5.05. The van der Waals surface area contributed by atoms with Gasteiger partial charge in [0.25, 0.3) is 0 Å². The molecule has 100 valence electrons. The fourth-order valence-corrected chi connectivity index (χ4v) is 2.38. The zero-order valence-electron chi connectivity index (χ0n) is 11.8. The van der Waals surface area contributed by atoms with Crippen LogP contribution in [0.2, 0.25) is 0 Å². The molecule has 1 atom stereocenters. The summed E-state index contributed by atoms with van der Waals surface area (Å²) in [4.78, 5) is 4.54. The van der Waals surface area contributed by atoms with Crippen LogP contribution in [0.15, 0.2) is 60.8 Å². The summed E-state index contributed by atoms with van der Waals surface area (Å²) in [6.07, 6.45) is 1.95. The van der Waals surface area contributed by atoms with Crippen LogP contribution in [-0.4, -0.2) is 12.0 Å². The molecular formula is C18H18N2. The van der Waals surface area contributed by atoms with Gasteiger partial charge in [0, 0.05) is 23.2 Å². The van der Waals surface area contributed by atoms with Crippen molar-refractivity contribution in [2.45, 2.75) is 13.0 Å². The van der Waals surface area contributed by atoms with Gasteiger partial charge < -0.3 is 5.32 Å². The number of benzene rings is 2. The topological polar surface area (TPSA) is 24.9 Å². The third-order valence-electron chi connectivity index (χ3n) is 3.74. The molecule has 2 aromatic carbocycles. The highest BCUT2D eigenvalue weighted by molar-refractivity contribution is 5.83. The fraction of sp³-hybridized carbons (Fsp3) is 0.167. The molecule has 0 saturated carbocycles. The molecule has 0 saturated heterocycles. The van der Waals surface area contributed by atoms with Crippen molar-refractivity contribution in [3.05, 3.63) is 66.4 Å². The second kappa shape index (κ2) is 5.43. The summed E-state index contributed by atoms with van der Waals surface area (Å²) in [6, 6.07) is 19.4. The molecule has 0 spiro atoms. The SMILES string of the molecule is CNC(C)c1cccc(-c2cnc3ccccc3c2)c1. The minimum absolute atomic E-state index is 0.350. The van der Waals surface area contributed by atoms with Crippen molar-refractivity contribution >= 4 is 10.9 Å². The summed E-state index contributed by atoms with van der Waals surface area (Å²) >= 11 is 0. The van der Waals surface area contributed by atoms with E-state index in [-0.39, 0.29) is 0 Å². The van der Waals surface area contributed by atoms with Gasteiger partial charge in [0.15, 0.2) is 0 Å². The maximum absolute atomic E-state index is 4.54. The first kappa shape index (κ1) is 12.8. The van der Waals surface area contributed by atoms with E-state index in [1.54, 1.807) is 0 Å². The number of hydrogen-bond donors (Lipinski definition) is 1. The first-order valence-corrected chi connectivity index (χ1v) is 6.90. The molecule has 2 nitrogen and oxygen atoms in total. The number of aromatic nitrogens is 1. The predicted octanol–water partition coefficient (Wildman–Crippen LogP) is 4.18. The lowest BCUT2D eigenvalue weighted by Gasteiger charge is -2.12. The summed E-state index contributed by atoms with van der Waals surface area (Å²) in [6.45, 7) is 2.16. The van der Waals surface area contributed by atoms with Crippen molar-refractivity contribution in [3.63, 3.8) is 0 Å². The predicted molar refractivity (Wildman–Crippen MR) is 84.7 cm³/mol. The molecule has 0 radical (unpaired) electrons. The number of fused-ring (bicyclic) bond motifs is 1. The number of nitrogens with one attached hydrogen (secondary N) is 1. The van der Waals surface area contributed by atoms with Gasteiger partial charge in [-0.25, -0.2) is 0 Å². The summed E-state index contributed by atoms with van der Waals surface area (Å²) in [5.74, 6) is 0. The molecule has 1 N–H and O–H groups in total. The molecule has 0 aliphatic heterocycles. The van der Waals surface area contributed by atoms with Crippen LogP contribution in [0.25, 0.3) is 22.0 Å². The largest absolute Gasteiger partial charge is 0.313 e. The number of nitrogens with zero attached hydrogens (tertiary/aromatic N) is 1. The lowest BCUT2D eigenvalue weighted by atomic mass is 10.0. The zero-order chi connectivity index (χ0) is 13.9. The van der Waals surface area contributed by atoms with Crippen LogP contribution in [0, 0.1) is 0 Å². The summed E-state index contributed by atoms with van der Waals surface area (Å²) in [7, 11) is 1.98. The third-order valence-corrected chi connectivity index (χ3v) is 3.74. The van der Waals surface area contributed by atoms with Crippen molar-refractivity contribution in [2.24, 2.45) is 0 Å². The highest BCUT2D eigenvalue weighted by Gasteiger charge is 2.05. The van der Waals surface area contributed by atoms with Gasteiger partial charge >= 0.3 is 0 Å². The van der Waals surface area contributed by atoms with Gasteiger partial charge in [0.2, 0.25) is 0 Å². The quantitative estimate of drug-likeness (QED) is 0.766. The first-order chi connectivity index (χ1) is 9.78. The molecule has 3 rings (SSSR count). The maximum Gasteiger partial charge on any atom is 0.0702 e. The Hall–Kier alpha value is -2.19. The van der Waals surface area contributed by atoms with Gasteiger partial charge in [-0.1, -0.05) is 36.4 Å². The lowest BCUT2D eigenvalue weighted by Crippen LogP contribution is -2.12. The van der Waals surface area contributed by atoms with E-state index >= 15 is 0 Å².